The van der Waals surface area contributed by atoms with Crippen molar-refractivity contribution in [2.75, 3.05) is 0 Å². The van der Waals surface area contributed by atoms with Gasteiger partial charge in [-0.1, -0.05) is 19.1 Å². The van der Waals surface area contributed by atoms with Crippen LogP contribution in [0.3, 0.4) is 0 Å². The molecule has 0 spiro atoms. The Bertz CT molecular complexity index is 392. The Morgan fingerprint density at radius 3 is 2.28 bits per heavy atom. The minimum atomic E-state index is -0.202. The summed E-state index contributed by atoms with van der Waals surface area (Å²) in [5.74, 6) is 0.632. The van der Waals surface area contributed by atoms with E-state index in [2.05, 4.69) is 20.8 Å². The van der Waals surface area contributed by atoms with Gasteiger partial charge in [0.2, 0.25) is 0 Å². The van der Waals surface area contributed by atoms with Crippen molar-refractivity contribution in [3.63, 3.8) is 0 Å². The molecular weight excluding hydrogens is 229 g/mol. The molecule has 3 heteroatoms. The molecule has 100 valence electrons. The number of ether oxygens (including phenoxy) is 1. The van der Waals surface area contributed by atoms with Crippen molar-refractivity contribution in [2.24, 2.45) is 17.6 Å². The first-order chi connectivity index (χ1) is 8.49. The molecule has 2 rings (SSSR count). The summed E-state index contributed by atoms with van der Waals surface area (Å²) in [5, 5.41) is 0. The van der Waals surface area contributed by atoms with Crippen LogP contribution in [0.5, 0.6) is 0 Å². The Morgan fingerprint density at radius 1 is 1.17 bits per heavy atom. The molecule has 1 aliphatic rings. The summed E-state index contributed by atoms with van der Waals surface area (Å²) in [6.45, 7) is 6.39. The lowest BCUT2D eigenvalue weighted by atomic mass is 9.81. The Kier molecular flexibility index (Phi) is 4.03. The highest BCUT2D eigenvalue weighted by molar-refractivity contribution is 5.17. The van der Waals surface area contributed by atoms with Gasteiger partial charge in [0.15, 0.2) is 0 Å². The Labute approximate surface area is 108 Å². The number of nitrogens with two attached hydrogens (primary N) is 1. The van der Waals surface area contributed by atoms with Crippen LogP contribution < -0.4 is 5.73 Å². The normalized spacial score (nSPS) is 33.6. The SMILES string of the molecule is CC1OC(C)C(C(N)Cc2ccc(F)cc2)C1C. The zero-order chi connectivity index (χ0) is 13.3. The topological polar surface area (TPSA) is 35.2 Å². The van der Waals surface area contributed by atoms with E-state index in [1.54, 1.807) is 0 Å². The summed E-state index contributed by atoms with van der Waals surface area (Å²) in [7, 11) is 0. The summed E-state index contributed by atoms with van der Waals surface area (Å²) in [4.78, 5) is 0. The van der Waals surface area contributed by atoms with Gasteiger partial charge in [-0.15, -0.1) is 0 Å². The molecule has 2 N–H and O–H groups in total. The minimum absolute atomic E-state index is 0.0606. The zero-order valence-electron chi connectivity index (χ0n) is 11.3. The fourth-order valence-electron chi connectivity index (χ4n) is 3.06. The lowest BCUT2D eigenvalue weighted by Crippen LogP contribution is -2.39. The third-order valence-electron chi connectivity index (χ3n) is 4.20. The van der Waals surface area contributed by atoms with Gasteiger partial charge in [-0.2, -0.15) is 0 Å². The molecule has 1 saturated heterocycles. The second-order valence-corrected chi connectivity index (χ2v) is 5.48. The fourth-order valence-corrected chi connectivity index (χ4v) is 3.06. The number of rotatable bonds is 3. The Hall–Kier alpha value is -0.930. The molecule has 1 fully saturated rings. The molecular formula is C15H22FNO. The van der Waals surface area contributed by atoms with Gasteiger partial charge in [-0.05, 0) is 43.9 Å². The molecule has 2 nitrogen and oxygen atoms in total. The maximum absolute atomic E-state index is 12.8. The van der Waals surface area contributed by atoms with E-state index in [1.807, 2.05) is 12.1 Å². The number of halogens is 1. The predicted octanol–water partition coefficient (Wildman–Crippen LogP) is 2.76. The van der Waals surface area contributed by atoms with Crippen LogP contribution >= 0.6 is 0 Å². The van der Waals surface area contributed by atoms with Crippen LogP contribution in [-0.4, -0.2) is 18.2 Å². The highest BCUT2D eigenvalue weighted by Crippen LogP contribution is 2.34. The molecule has 5 unspecified atom stereocenters. The molecule has 0 amide bonds. The van der Waals surface area contributed by atoms with Gasteiger partial charge in [0.25, 0.3) is 0 Å². The molecule has 1 aliphatic heterocycles. The molecule has 1 heterocycles. The maximum atomic E-state index is 12.8. The first-order valence-electron chi connectivity index (χ1n) is 6.64. The van der Waals surface area contributed by atoms with Gasteiger partial charge >= 0.3 is 0 Å². The molecule has 1 aromatic rings. The number of hydrogen-bond donors (Lipinski definition) is 1. The number of benzene rings is 1. The zero-order valence-corrected chi connectivity index (χ0v) is 11.3. The molecule has 5 atom stereocenters. The lowest BCUT2D eigenvalue weighted by Gasteiger charge is -2.25. The highest BCUT2D eigenvalue weighted by atomic mass is 19.1. The summed E-state index contributed by atoms with van der Waals surface area (Å²) in [6, 6.07) is 6.66. The Morgan fingerprint density at radius 2 is 1.78 bits per heavy atom. The average molecular weight is 251 g/mol. The molecule has 1 aromatic carbocycles. The maximum Gasteiger partial charge on any atom is 0.123 e. The fraction of sp³-hybridized carbons (Fsp3) is 0.600. The van der Waals surface area contributed by atoms with Crippen LogP contribution in [0.15, 0.2) is 24.3 Å². The van der Waals surface area contributed by atoms with E-state index < -0.39 is 0 Å². The highest BCUT2D eigenvalue weighted by Gasteiger charge is 2.40. The van der Waals surface area contributed by atoms with E-state index in [1.165, 1.54) is 12.1 Å². The molecule has 0 radical (unpaired) electrons. The van der Waals surface area contributed by atoms with Crippen molar-refractivity contribution in [1.29, 1.82) is 0 Å². The van der Waals surface area contributed by atoms with Crippen molar-refractivity contribution in [3.05, 3.63) is 35.6 Å². The van der Waals surface area contributed by atoms with Crippen molar-refractivity contribution in [2.45, 2.75) is 45.4 Å². The van der Waals surface area contributed by atoms with E-state index in [9.17, 15) is 4.39 Å². The van der Waals surface area contributed by atoms with Gasteiger partial charge in [0, 0.05) is 12.0 Å². The molecule has 0 aliphatic carbocycles. The standard InChI is InChI=1S/C15H22FNO/c1-9-10(2)18-11(3)15(9)14(17)8-12-4-6-13(16)7-5-12/h4-7,9-11,14-15H,8,17H2,1-3H3. The van der Waals surface area contributed by atoms with E-state index in [-0.39, 0.29) is 24.1 Å². The third kappa shape index (κ3) is 2.73. The quantitative estimate of drug-likeness (QED) is 0.896. The van der Waals surface area contributed by atoms with Crippen molar-refractivity contribution in [3.8, 4) is 0 Å². The molecule has 0 saturated carbocycles. The largest absolute Gasteiger partial charge is 0.375 e. The van der Waals surface area contributed by atoms with Gasteiger partial charge in [0.1, 0.15) is 5.82 Å². The predicted molar refractivity (Wildman–Crippen MR) is 70.7 cm³/mol. The van der Waals surface area contributed by atoms with Crippen molar-refractivity contribution < 1.29 is 9.13 Å². The van der Waals surface area contributed by atoms with Gasteiger partial charge < -0.3 is 10.5 Å². The van der Waals surface area contributed by atoms with Gasteiger partial charge in [-0.3, -0.25) is 0 Å². The van der Waals surface area contributed by atoms with E-state index in [0.717, 1.165) is 12.0 Å². The van der Waals surface area contributed by atoms with Crippen LogP contribution in [0, 0.1) is 17.7 Å². The lowest BCUT2D eigenvalue weighted by molar-refractivity contribution is 0.0490. The summed E-state index contributed by atoms with van der Waals surface area (Å²) in [6.07, 6.45) is 1.24. The van der Waals surface area contributed by atoms with Crippen molar-refractivity contribution in [1.82, 2.24) is 0 Å². The Balaban J connectivity index is 2.03. The van der Waals surface area contributed by atoms with E-state index in [4.69, 9.17) is 10.5 Å². The first-order valence-corrected chi connectivity index (χ1v) is 6.64. The number of hydrogen-bond acceptors (Lipinski definition) is 2. The third-order valence-corrected chi connectivity index (χ3v) is 4.20. The average Bonchev–Trinajstić information content (AvgIpc) is 2.56. The van der Waals surface area contributed by atoms with Crippen LogP contribution in [0.4, 0.5) is 4.39 Å². The molecule has 0 aromatic heterocycles. The second-order valence-electron chi connectivity index (χ2n) is 5.48. The summed E-state index contributed by atoms with van der Waals surface area (Å²) >= 11 is 0. The van der Waals surface area contributed by atoms with Crippen molar-refractivity contribution >= 4 is 0 Å². The van der Waals surface area contributed by atoms with E-state index >= 15 is 0 Å². The summed E-state index contributed by atoms with van der Waals surface area (Å²) in [5.41, 5.74) is 7.40. The second kappa shape index (κ2) is 5.37. The molecule has 0 bridgehead atoms. The van der Waals surface area contributed by atoms with Crippen LogP contribution in [0.25, 0.3) is 0 Å². The first kappa shape index (κ1) is 13.5. The van der Waals surface area contributed by atoms with Crippen LogP contribution in [0.1, 0.15) is 26.3 Å². The van der Waals surface area contributed by atoms with Crippen LogP contribution in [-0.2, 0) is 11.2 Å². The smallest absolute Gasteiger partial charge is 0.123 e. The minimum Gasteiger partial charge on any atom is -0.375 e. The van der Waals surface area contributed by atoms with E-state index in [0.29, 0.717) is 11.8 Å². The van der Waals surface area contributed by atoms with Gasteiger partial charge in [-0.25, -0.2) is 4.39 Å². The summed E-state index contributed by atoms with van der Waals surface area (Å²) < 4.78 is 18.7. The monoisotopic (exact) mass is 251 g/mol. The molecule has 18 heavy (non-hydrogen) atoms. The van der Waals surface area contributed by atoms with Gasteiger partial charge in [0.05, 0.1) is 12.2 Å². The van der Waals surface area contributed by atoms with Crippen LogP contribution in [0.2, 0.25) is 0 Å².